The van der Waals surface area contributed by atoms with Gasteiger partial charge in [0.05, 0.1) is 23.9 Å². The molecule has 3 rings (SSSR count). The summed E-state index contributed by atoms with van der Waals surface area (Å²) in [4.78, 5) is 13.6. The number of nitrogen functional groups attached to an aromatic ring is 1. The van der Waals surface area contributed by atoms with Crippen LogP contribution in [-0.2, 0) is 16.0 Å². The lowest BCUT2D eigenvalue weighted by Crippen LogP contribution is -2.23. The minimum absolute atomic E-state index is 0.0396. The van der Waals surface area contributed by atoms with Crippen LogP contribution in [-0.4, -0.2) is 32.2 Å². The number of ether oxygens (including phenoxy) is 1. The van der Waals surface area contributed by atoms with Gasteiger partial charge in [-0.05, 0) is 24.1 Å². The summed E-state index contributed by atoms with van der Waals surface area (Å²) in [5.74, 6) is 0.0396. The number of fused-ring (bicyclic) bond motifs is 1. The average molecular weight is 247 g/mol. The Kier molecular flexibility index (Phi) is 2.63. The minimum Gasteiger partial charge on any atom is -0.397 e. The molecule has 1 atom stereocenters. The quantitative estimate of drug-likeness (QED) is 0.765. The molecule has 0 spiro atoms. The molecule has 1 unspecified atom stereocenters. The Morgan fingerprint density at radius 3 is 3.06 bits per heavy atom. The summed E-state index contributed by atoms with van der Waals surface area (Å²) in [5, 5.41) is 2.86. The van der Waals surface area contributed by atoms with Crippen LogP contribution in [0.15, 0.2) is 12.1 Å². The van der Waals surface area contributed by atoms with Gasteiger partial charge in [0.1, 0.15) is 0 Å². The van der Waals surface area contributed by atoms with Gasteiger partial charge in [0, 0.05) is 25.9 Å². The van der Waals surface area contributed by atoms with Crippen LogP contribution >= 0.6 is 0 Å². The van der Waals surface area contributed by atoms with Gasteiger partial charge in [-0.15, -0.1) is 0 Å². The van der Waals surface area contributed by atoms with Crippen molar-refractivity contribution in [2.75, 3.05) is 36.1 Å². The first-order valence-corrected chi connectivity index (χ1v) is 6.17. The fraction of sp³-hybridized carbons (Fsp3) is 0.462. The molecular weight excluding hydrogens is 230 g/mol. The number of hydrogen-bond acceptors (Lipinski definition) is 4. The smallest absolute Gasteiger partial charge is 0.228 e. The molecule has 5 heteroatoms. The number of nitrogens with two attached hydrogens (primary N) is 1. The summed E-state index contributed by atoms with van der Waals surface area (Å²) in [6.07, 6.45) is 1.71. The molecule has 1 amide bonds. The average Bonchev–Trinajstić information content (AvgIpc) is 2.92. The molecule has 2 heterocycles. The number of nitrogens with one attached hydrogen (secondary N) is 1. The molecule has 1 aromatic rings. The van der Waals surface area contributed by atoms with E-state index in [2.05, 4.69) is 10.2 Å². The summed E-state index contributed by atoms with van der Waals surface area (Å²) in [6, 6.07) is 3.89. The monoisotopic (exact) mass is 247 g/mol. The maximum absolute atomic E-state index is 11.4. The first kappa shape index (κ1) is 11.3. The van der Waals surface area contributed by atoms with E-state index in [4.69, 9.17) is 10.5 Å². The van der Waals surface area contributed by atoms with Gasteiger partial charge in [-0.1, -0.05) is 0 Å². The lowest BCUT2D eigenvalue weighted by molar-refractivity contribution is -0.115. The maximum atomic E-state index is 11.4. The number of benzene rings is 1. The van der Waals surface area contributed by atoms with Crippen LogP contribution in [0, 0.1) is 0 Å². The lowest BCUT2D eigenvalue weighted by Gasteiger charge is -2.21. The first-order chi connectivity index (χ1) is 8.67. The number of amides is 1. The van der Waals surface area contributed by atoms with E-state index in [0.29, 0.717) is 6.42 Å². The third kappa shape index (κ3) is 1.80. The molecule has 0 radical (unpaired) electrons. The van der Waals surface area contributed by atoms with E-state index in [1.54, 1.807) is 7.11 Å². The molecule has 0 aromatic heterocycles. The summed E-state index contributed by atoms with van der Waals surface area (Å²) < 4.78 is 5.36. The van der Waals surface area contributed by atoms with Gasteiger partial charge in [-0.25, -0.2) is 0 Å². The van der Waals surface area contributed by atoms with Gasteiger partial charge in [0.2, 0.25) is 5.91 Å². The van der Waals surface area contributed by atoms with Crippen molar-refractivity contribution in [1.82, 2.24) is 0 Å². The predicted octanol–water partition coefficient (Wildman–Crippen LogP) is 0.988. The number of carbonyl (C=O) groups is 1. The molecule has 0 saturated carbocycles. The van der Waals surface area contributed by atoms with Gasteiger partial charge in [-0.2, -0.15) is 0 Å². The van der Waals surface area contributed by atoms with E-state index >= 15 is 0 Å². The molecule has 0 bridgehead atoms. The minimum atomic E-state index is 0.0396. The zero-order valence-corrected chi connectivity index (χ0v) is 10.4. The number of methoxy groups -OCH3 is 1. The molecule has 1 aromatic carbocycles. The molecular formula is C13H17N3O2. The van der Waals surface area contributed by atoms with E-state index in [0.717, 1.165) is 42.1 Å². The van der Waals surface area contributed by atoms with Gasteiger partial charge in [0.25, 0.3) is 0 Å². The van der Waals surface area contributed by atoms with Crippen molar-refractivity contribution < 1.29 is 9.53 Å². The zero-order chi connectivity index (χ0) is 12.7. The highest BCUT2D eigenvalue weighted by Gasteiger charge is 2.26. The highest BCUT2D eigenvalue weighted by atomic mass is 16.5. The lowest BCUT2D eigenvalue weighted by atomic mass is 10.1. The topological polar surface area (TPSA) is 67.6 Å². The van der Waals surface area contributed by atoms with E-state index in [-0.39, 0.29) is 12.0 Å². The van der Waals surface area contributed by atoms with Crippen LogP contribution in [0.1, 0.15) is 12.0 Å². The second kappa shape index (κ2) is 4.17. The van der Waals surface area contributed by atoms with Gasteiger partial charge >= 0.3 is 0 Å². The number of rotatable bonds is 2. The van der Waals surface area contributed by atoms with Crippen molar-refractivity contribution in [2.45, 2.75) is 18.9 Å². The van der Waals surface area contributed by atoms with Crippen molar-refractivity contribution in [3.05, 3.63) is 17.7 Å². The fourth-order valence-electron chi connectivity index (χ4n) is 2.70. The van der Waals surface area contributed by atoms with Crippen molar-refractivity contribution in [1.29, 1.82) is 0 Å². The van der Waals surface area contributed by atoms with E-state index < -0.39 is 0 Å². The molecule has 2 aliphatic rings. The standard InChI is InChI=1S/C13H17N3O2/c1-18-9-2-3-16(7-9)12-6-11-8(4-10(12)14)5-13(17)15-11/h4,6,9H,2-3,5,7,14H2,1H3,(H,15,17). The molecule has 1 saturated heterocycles. The Balaban J connectivity index is 1.90. The zero-order valence-electron chi connectivity index (χ0n) is 10.4. The molecule has 96 valence electrons. The highest BCUT2D eigenvalue weighted by molar-refractivity contribution is 6.00. The van der Waals surface area contributed by atoms with E-state index in [1.165, 1.54) is 0 Å². The van der Waals surface area contributed by atoms with Crippen molar-refractivity contribution >= 4 is 23.0 Å². The van der Waals surface area contributed by atoms with Crippen LogP contribution < -0.4 is 16.0 Å². The second-order valence-electron chi connectivity index (χ2n) is 4.89. The second-order valence-corrected chi connectivity index (χ2v) is 4.89. The third-order valence-electron chi connectivity index (χ3n) is 3.70. The molecule has 2 aliphatic heterocycles. The largest absolute Gasteiger partial charge is 0.397 e. The molecule has 5 nitrogen and oxygen atoms in total. The summed E-state index contributed by atoms with van der Waals surface area (Å²) in [7, 11) is 1.74. The van der Waals surface area contributed by atoms with Gasteiger partial charge in [-0.3, -0.25) is 4.79 Å². The molecule has 3 N–H and O–H groups in total. The van der Waals surface area contributed by atoms with Crippen molar-refractivity contribution in [2.24, 2.45) is 0 Å². The van der Waals surface area contributed by atoms with Crippen LogP contribution in [0.5, 0.6) is 0 Å². The number of anilines is 3. The Bertz CT molecular complexity index is 501. The Labute approximate surface area is 106 Å². The fourth-order valence-corrected chi connectivity index (χ4v) is 2.70. The van der Waals surface area contributed by atoms with Crippen LogP contribution in [0.4, 0.5) is 17.1 Å². The third-order valence-corrected chi connectivity index (χ3v) is 3.70. The van der Waals surface area contributed by atoms with Crippen molar-refractivity contribution in [3.8, 4) is 0 Å². The molecule has 1 fully saturated rings. The number of nitrogens with zero attached hydrogens (tertiary/aromatic N) is 1. The maximum Gasteiger partial charge on any atom is 0.228 e. The summed E-state index contributed by atoms with van der Waals surface area (Å²) >= 11 is 0. The predicted molar refractivity (Wildman–Crippen MR) is 70.8 cm³/mol. The van der Waals surface area contributed by atoms with E-state index in [9.17, 15) is 4.79 Å². The Hall–Kier alpha value is -1.75. The highest BCUT2D eigenvalue weighted by Crippen LogP contribution is 2.35. The number of carbonyl (C=O) groups excluding carboxylic acids is 1. The molecule has 18 heavy (non-hydrogen) atoms. The van der Waals surface area contributed by atoms with Gasteiger partial charge < -0.3 is 20.7 Å². The normalized spacial score (nSPS) is 22.2. The van der Waals surface area contributed by atoms with Crippen LogP contribution in [0.3, 0.4) is 0 Å². The van der Waals surface area contributed by atoms with Crippen LogP contribution in [0.25, 0.3) is 0 Å². The summed E-state index contributed by atoms with van der Waals surface area (Å²) in [6.45, 7) is 1.79. The van der Waals surface area contributed by atoms with E-state index in [1.807, 2.05) is 12.1 Å². The van der Waals surface area contributed by atoms with Crippen molar-refractivity contribution in [3.63, 3.8) is 0 Å². The molecule has 0 aliphatic carbocycles. The number of hydrogen-bond donors (Lipinski definition) is 2. The Morgan fingerprint density at radius 1 is 1.50 bits per heavy atom. The Morgan fingerprint density at radius 2 is 2.33 bits per heavy atom. The van der Waals surface area contributed by atoms with Gasteiger partial charge in [0.15, 0.2) is 0 Å². The summed E-state index contributed by atoms with van der Waals surface area (Å²) in [5.41, 5.74) is 9.70. The first-order valence-electron chi connectivity index (χ1n) is 6.17. The van der Waals surface area contributed by atoms with Crippen LogP contribution in [0.2, 0.25) is 0 Å². The SMILES string of the molecule is COC1CCN(c2cc3c(cc2N)CC(=O)N3)C1.